The van der Waals surface area contributed by atoms with Gasteiger partial charge in [-0.15, -0.1) is 0 Å². The van der Waals surface area contributed by atoms with Gasteiger partial charge in [-0.1, -0.05) is 117 Å². The smallest absolute Gasteiger partial charge is 0.779 e. The minimum atomic E-state index is -2.79. The normalized spacial score (nSPS) is 13.7. The third-order valence-electron chi connectivity index (χ3n) is 5.95. The second-order valence-electron chi connectivity index (χ2n) is 9.65. The zero-order chi connectivity index (χ0) is 22.6. The largest absolute Gasteiger partial charge is 1.00 e. The van der Waals surface area contributed by atoms with Gasteiger partial charge in [-0.2, -0.15) is 0 Å². The van der Waals surface area contributed by atoms with Crippen LogP contribution < -0.4 is 17.8 Å². The Morgan fingerprint density at radius 3 is 1.45 bits per heavy atom. The number of hydrogen-bond acceptors (Lipinski definition) is 3. The second kappa shape index (κ2) is 22.2. The predicted octanol–water partition coefficient (Wildman–Crippen LogP) is 4.19. The van der Waals surface area contributed by atoms with Crippen molar-refractivity contribution in [1.29, 1.82) is 0 Å². The zero-order valence-electron chi connectivity index (χ0n) is 21.7. The molecule has 0 radical (unpaired) electrons. The Kier molecular flexibility index (Phi) is 24.0. The number of hydrogen-bond donors (Lipinski definition) is 1. The molecule has 190 valence electrons. The van der Waals surface area contributed by atoms with E-state index in [0.717, 1.165) is 12.8 Å². The summed E-state index contributed by atoms with van der Waals surface area (Å²) >= 11 is 0. The Balaban J connectivity index is 0. The maximum Gasteiger partial charge on any atom is 0.779 e. The van der Waals surface area contributed by atoms with Gasteiger partial charge in [0.25, 0.3) is 0 Å². The second-order valence-corrected chi connectivity index (χ2v) is 11.9. The van der Waals surface area contributed by atoms with E-state index < -0.39 is 8.97 Å². The summed E-state index contributed by atoms with van der Waals surface area (Å²) in [4.78, 5) is 0. The van der Waals surface area contributed by atoms with Crippen LogP contribution in [0.3, 0.4) is 0 Å². The molecule has 0 saturated heterocycles. The van der Waals surface area contributed by atoms with Crippen LogP contribution >= 0.6 is 0 Å². The van der Waals surface area contributed by atoms with Crippen LogP contribution in [0, 0.1) is 0 Å². The van der Waals surface area contributed by atoms with Gasteiger partial charge < -0.3 is 31.1 Å². The monoisotopic (exact) mass is 481 g/mol. The molecule has 0 rings (SSSR count). The lowest BCUT2D eigenvalue weighted by atomic mass is 9.99. The van der Waals surface area contributed by atoms with E-state index in [1.54, 1.807) is 7.11 Å². The highest BCUT2D eigenvalue weighted by atomic mass is 35.5. The highest BCUT2D eigenvalue weighted by molar-refractivity contribution is 6.50. The molecule has 0 aliphatic rings. The van der Waals surface area contributed by atoms with Crippen molar-refractivity contribution in [3.05, 3.63) is 0 Å². The molecule has 0 amide bonds. The van der Waals surface area contributed by atoms with E-state index in [9.17, 15) is 0 Å². The van der Waals surface area contributed by atoms with Gasteiger partial charge in [0.1, 0.15) is 0 Å². The van der Waals surface area contributed by atoms with E-state index in [1.807, 2.05) is 0 Å². The molecule has 0 heterocycles. The summed E-state index contributed by atoms with van der Waals surface area (Å²) in [5, 5.41) is 4.21. The first-order valence-electron chi connectivity index (χ1n) is 13.1. The molecular weight excluding hydrogens is 426 g/mol. The highest BCUT2D eigenvalue weighted by Gasteiger charge is 2.50. The lowest BCUT2D eigenvalue weighted by Crippen LogP contribution is -3.00. The van der Waals surface area contributed by atoms with Gasteiger partial charge in [0, 0.05) is 13.7 Å². The first kappa shape index (κ1) is 33.5. The van der Waals surface area contributed by atoms with E-state index >= 15 is 0 Å². The van der Waals surface area contributed by atoms with Gasteiger partial charge in [0.05, 0.1) is 5.60 Å². The Labute approximate surface area is 202 Å². The average molecular weight is 482 g/mol. The summed E-state index contributed by atoms with van der Waals surface area (Å²) in [6.07, 6.45) is 23.6. The molecule has 4 nitrogen and oxygen atoms in total. The first-order chi connectivity index (χ1) is 14.4. The van der Waals surface area contributed by atoms with Gasteiger partial charge in [-0.05, 0) is 26.7 Å². The molecule has 0 aromatic carbocycles. The van der Waals surface area contributed by atoms with Crippen molar-refractivity contribution in [2.24, 2.45) is 0 Å². The number of rotatable bonds is 23. The Hall–Kier alpha value is 0.347. The molecule has 1 unspecified atom stereocenters. The van der Waals surface area contributed by atoms with Crippen molar-refractivity contribution >= 4 is 8.97 Å². The molecule has 0 aliphatic carbocycles. The topological polar surface area (TPSA) is 55.3 Å². The molecular formula is C25H56ClNO3Si. The van der Waals surface area contributed by atoms with Gasteiger partial charge in [0.2, 0.25) is 0 Å². The summed E-state index contributed by atoms with van der Waals surface area (Å²) < 4.78 is 18.0. The molecule has 0 aliphatic heterocycles. The van der Waals surface area contributed by atoms with E-state index in [-0.39, 0.29) is 18.0 Å². The fourth-order valence-electron chi connectivity index (χ4n) is 3.93. The van der Waals surface area contributed by atoms with E-state index in [0.29, 0.717) is 6.61 Å². The molecule has 1 atom stereocenters. The zero-order valence-corrected chi connectivity index (χ0v) is 23.5. The van der Waals surface area contributed by atoms with Crippen molar-refractivity contribution in [2.45, 2.75) is 149 Å². The van der Waals surface area contributed by atoms with Crippen molar-refractivity contribution in [3.63, 3.8) is 0 Å². The molecule has 0 fully saturated rings. The SMILES string of the molecule is CCCCCCCCCCCO[Si]([NH3+])(OC)OC(C)(C)CCCCCCCCCC.[Cl-]. The minimum absolute atomic E-state index is 0. The Morgan fingerprint density at radius 2 is 1.03 bits per heavy atom. The van der Waals surface area contributed by atoms with Gasteiger partial charge >= 0.3 is 8.97 Å². The van der Waals surface area contributed by atoms with Gasteiger partial charge in [-0.3, -0.25) is 0 Å². The van der Waals surface area contributed by atoms with Crippen LogP contribution in [0.15, 0.2) is 0 Å². The number of halogens is 1. The van der Waals surface area contributed by atoms with Crippen LogP contribution in [0.2, 0.25) is 0 Å². The van der Waals surface area contributed by atoms with Crippen molar-refractivity contribution in [3.8, 4) is 0 Å². The summed E-state index contributed by atoms with van der Waals surface area (Å²) in [6, 6.07) is 0. The minimum Gasteiger partial charge on any atom is -1.00 e. The summed E-state index contributed by atoms with van der Waals surface area (Å²) in [5.74, 6) is 0. The van der Waals surface area contributed by atoms with Crippen LogP contribution in [-0.4, -0.2) is 28.3 Å². The molecule has 0 bridgehead atoms. The number of quaternary nitrogens is 1. The van der Waals surface area contributed by atoms with Crippen molar-refractivity contribution in [1.82, 2.24) is 0 Å². The third kappa shape index (κ3) is 21.9. The maximum atomic E-state index is 6.30. The van der Waals surface area contributed by atoms with Crippen LogP contribution in [0.4, 0.5) is 0 Å². The maximum absolute atomic E-state index is 6.30. The average Bonchev–Trinajstić information content (AvgIpc) is 2.71. The van der Waals surface area contributed by atoms with E-state index in [2.05, 4.69) is 33.1 Å². The van der Waals surface area contributed by atoms with Gasteiger partial charge in [-0.25, -0.2) is 0 Å². The van der Waals surface area contributed by atoms with Crippen LogP contribution in [-0.2, 0) is 13.3 Å². The summed E-state index contributed by atoms with van der Waals surface area (Å²) in [6.45, 7) is 9.55. The quantitative estimate of drug-likeness (QED) is 0.176. The molecule has 3 N–H and O–H groups in total. The Bertz CT molecular complexity index is 375. The van der Waals surface area contributed by atoms with Crippen LogP contribution in [0.25, 0.3) is 0 Å². The molecule has 6 heteroatoms. The van der Waals surface area contributed by atoms with Crippen LogP contribution in [0.1, 0.15) is 143 Å². The van der Waals surface area contributed by atoms with Gasteiger partial charge in [0.15, 0.2) is 0 Å². The van der Waals surface area contributed by atoms with E-state index in [1.165, 1.54) is 103 Å². The predicted molar refractivity (Wildman–Crippen MR) is 131 cm³/mol. The molecule has 31 heavy (non-hydrogen) atoms. The summed E-state index contributed by atoms with van der Waals surface area (Å²) in [7, 11) is -1.11. The first-order valence-corrected chi connectivity index (χ1v) is 15.1. The third-order valence-corrected chi connectivity index (χ3v) is 8.07. The Morgan fingerprint density at radius 1 is 0.645 bits per heavy atom. The lowest BCUT2D eigenvalue weighted by molar-refractivity contribution is -0.324. The fraction of sp³-hybridized carbons (Fsp3) is 1.00. The van der Waals surface area contributed by atoms with E-state index in [4.69, 9.17) is 13.3 Å². The van der Waals surface area contributed by atoms with Crippen molar-refractivity contribution in [2.75, 3.05) is 13.7 Å². The molecule has 0 saturated carbocycles. The fourth-order valence-corrected chi connectivity index (χ4v) is 5.59. The lowest BCUT2D eigenvalue weighted by Gasteiger charge is -2.30. The molecule has 0 aromatic heterocycles. The van der Waals surface area contributed by atoms with Crippen LogP contribution in [0.5, 0.6) is 0 Å². The highest BCUT2D eigenvalue weighted by Crippen LogP contribution is 2.23. The number of unbranched alkanes of at least 4 members (excludes halogenated alkanes) is 15. The standard InChI is InChI=1S/C25H56NO3Si.ClH/c1-6-8-10-12-14-16-18-20-22-24-28-30(26,27-5)29-25(3,4)23-21-19-17-15-13-11-9-7-2;/h6-24H2,1-5,26H3;1H/q+1;/p-1. The molecule has 0 spiro atoms. The summed E-state index contributed by atoms with van der Waals surface area (Å²) in [5.41, 5.74) is -0.231. The van der Waals surface area contributed by atoms with Crippen molar-refractivity contribution < 1.29 is 31.1 Å². The molecule has 0 aromatic rings.